The number of hydrogen-bond acceptors (Lipinski definition) is 3. The lowest BCUT2D eigenvalue weighted by Gasteiger charge is -2.16. The zero-order valence-corrected chi connectivity index (χ0v) is 11.4. The fourth-order valence-electron chi connectivity index (χ4n) is 1.82. The van der Waals surface area contributed by atoms with Crippen LogP contribution < -0.4 is 11.3 Å². The van der Waals surface area contributed by atoms with Crippen molar-refractivity contribution in [1.82, 2.24) is 5.43 Å². The van der Waals surface area contributed by atoms with Crippen LogP contribution in [0.3, 0.4) is 0 Å². The largest absolute Gasteiger partial charge is 0.271 e. The van der Waals surface area contributed by atoms with Crippen molar-refractivity contribution in [3.05, 3.63) is 56.2 Å². The summed E-state index contributed by atoms with van der Waals surface area (Å²) >= 11 is 7.92. The van der Waals surface area contributed by atoms with E-state index in [-0.39, 0.29) is 6.04 Å². The van der Waals surface area contributed by atoms with Crippen LogP contribution in [0, 0.1) is 13.8 Å². The molecule has 0 fully saturated rings. The van der Waals surface area contributed by atoms with Crippen molar-refractivity contribution >= 4 is 22.9 Å². The van der Waals surface area contributed by atoms with E-state index in [1.54, 1.807) is 11.3 Å². The number of nitrogens with one attached hydrogen (secondary N) is 1. The maximum atomic E-state index is 6.29. The van der Waals surface area contributed by atoms with E-state index < -0.39 is 0 Å². The van der Waals surface area contributed by atoms with Crippen LogP contribution >= 0.6 is 22.9 Å². The molecule has 2 nitrogen and oxygen atoms in total. The van der Waals surface area contributed by atoms with Gasteiger partial charge in [0.2, 0.25) is 0 Å². The number of hydrazine groups is 1. The third-order valence-corrected chi connectivity index (χ3v) is 4.51. The maximum absolute atomic E-state index is 6.29. The van der Waals surface area contributed by atoms with Gasteiger partial charge in [-0.1, -0.05) is 41.4 Å². The standard InChI is InChI=1S/C13H15ClN2S/c1-8-4-3-5-10(6-8)12(16-15)13-11(14)9(2)7-17-13/h3-7,12,16H,15H2,1-2H3. The second kappa shape index (κ2) is 5.19. The highest BCUT2D eigenvalue weighted by Gasteiger charge is 2.18. The number of aryl methyl sites for hydroxylation is 2. The van der Waals surface area contributed by atoms with Crippen molar-refractivity contribution in [3.8, 4) is 0 Å². The molecule has 1 heterocycles. The predicted octanol–water partition coefficient (Wildman–Crippen LogP) is 3.57. The minimum atomic E-state index is -0.0406. The van der Waals surface area contributed by atoms with Gasteiger partial charge in [0.15, 0.2) is 0 Å². The van der Waals surface area contributed by atoms with E-state index in [1.165, 1.54) is 5.56 Å². The first-order valence-electron chi connectivity index (χ1n) is 5.39. The Kier molecular flexibility index (Phi) is 3.84. The summed E-state index contributed by atoms with van der Waals surface area (Å²) in [5.74, 6) is 5.66. The lowest BCUT2D eigenvalue weighted by molar-refractivity contribution is 0.646. The van der Waals surface area contributed by atoms with Crippen LogP contribution in [0.2, 0.25) is 5.02 Å². The highest BCUT2D eigenvalue weighted by Crippen LogP contribution is 2.35. The molecule has 0 aliphatic rings. The van der Waals surface area contributed by atoms with Gasteiger partial charge in [-0.15, -0.1) is 11.3 Å². The molecule has 0 aliphatic heterocycles. The molecule has 1 aromatic carbocycles. The van der Waals surface area contributed by atoms with Gasteiger partial charge >= 0.3 is 0 Å². The van der Waals surface area contributed by atoms with Crippen molar-refractivity contribution in [2.24, 2.45) is 5.84 Å². The van der Waals surface area contributed by atoms with E-state index in [9.17, 15) is 0 Å². The molecular formula is C13H15ClN2S. The maximum Gasteiger partial charge on any atom is 0.0817 e. The average molecular weight is 267 g/mol. The minimum Gasteiger partial charge on any atom is -0.271 e. The van der Waals surface area contributed by atoms with Crippen LogP contribution in [0.5, 0.6) is 0 Å². The van der Waals surface area contributed by atoms with Crippen molar-refractivity contribution < 1.29 is 0 Å². The van der Waals surface area contributed by atoms with E-state index in [2.05, 4.69) is 35.9 Å². The molecule has 0 saturated carbocycles. The second-order valence-corrected chi connectivity index (χ2v) is 5.40. The number of benzene rings is 1. The van der Waals surface area contributed by atoms with E-state index >= 15 is 0 Å². The number of rotatable bonds is 3. The Morgan fingerprint density at radius 1 is 1.35 bits per heavy atom. The summed E-state index contributed by atoms with van der Waals surface area (Å²) in [6.07, 6.45) is 0. The van der Waals surface area contributed by atoms with Crippen LogP contribution in [-0.2, 0) is 0 Å². The van der Waals surface area contributed by atoms with Gasteiger partial charge < -0.3 is 0 Å². The van der Waals surface area contributed by atoms with Crippen molar-refractivity contribution in [1.29, 1.82) is 0 Å². The van der Waals surface area contributed by atoms with Gasteiger partial charge in [-0.2, -0.15) is 0 Å². The summed E-state index contributed by atoms with van der Waals surface area (Å²) in [5, 5.41) is 2.86. The molecule has 2 aromatic rings. The molecule has 90 valence electrons. The molecule has 1 atom stereocenters. The monoisotopic (exact) mass is 266 g/mol. The zero-order valence-electron chi connectivity index (χ0n) is 9.83. The molecule has 3 N–H and O–H groups in total. The molecule has 0 radical (unpaired) electrons. The first-order chi connectivity index (χ1) is 8.13. The van der Waals surface area contributed by atoms with Gasteiger partial charge in [-0.05, 0) is 30.4 Å². The van der Waals surface area contributed by atoms with E-state index in [0.717, 1.165) is 21.0 Å². The topological polar surface area (TPSA) is 38.0 Å². The number of thiophene rings is 1. The third-order valence-electron chi connectivity index (χ3n) is 2.73. The van der Waals surface area contributed by atoms with Crippen molar-refractivity contribution in [2.45, 2.75) is 19.9 Å². The lowest BCUT2D eigenvalue weighted by Crippen LogP contribution is -2.28. The lowest BCUT2D eigenvalue weighted by atomic mass is 10.0. The Hall–Kier alpha value is -0.870. The summed E-state index contributed by atoms with van der Waals surface area (Å²) in [7, 11) is 0. The average Bonchev–Trinajstić information content (AvgIpc) is 2.63. The molecular weight excluding hydrogens is 252 g/mol. The Morgan fingerprint density at radius 2 is 2.12 bits per heavy atom. The van der Waals surface area contributed by atoms with Gasteiger partial charge in [-0.25, -0.2) is 5.43 Å². The van der Waals surface area contributed by atoms with Crippen LogP contribution in [0.15, 0.2) is 29.6 Å². The predicted molar refractivity (Wildman–Crippen MR) is 74.4 cm³/mol. The molecule has 1 aromatic heterocycles. The number of hydrogen-bond donors (Lipinski definition) is 2. The normalized spacial score (nSPS) is 12.7. The molecule has 17 heavy (non-hydrogen) atoms. The Bertz CT molecular complexity index is 522. The first-order valence-corrected chi connectivity index (χ1v) is 6.65. The van der Waals surface area contributed by atoms with Gasteiger partial charge in [0.1, 0.15) is 0 Å². The zero-order chi connectivity index (χ0) is 12.4. The fourth-order valence-corrected chi connectivity index (χ4v) is 3.21. The summed E-state index contributed by atoms with van der Waals surface area (Å²) in [4.78, 5) is 1.07. The molecule has 0 aliphatic carbocycles. The first kappa shape index (κ1) is 12.6. The van der Waals surface area contributed by atoms with Gasteiger partial charge in [-0.3, -0.25) is 5.84 Å². The summed E-state index contributed by atoms with van der Waals surface area (Å²) < 4.78 is 0. The quantitative estimate of drug-likeness (QED) is 0.658. The third kappa shape index (κ3) is 2.53. The molecule has 0 bridgehead atoms. The Morgan fingerprint density at radius 3 is 2.65 bits per heavy atom. The summed E-state index contributed by atoms with van der Waals surface area (Å²) in [6.45, 7) is 4.07. The minimum absolute atomic E-state index is 0.0406. The second-order valence-electron chi connectivity index (χ2n) is 4.11. The number of halogens is 1. The number of nitrogens with two attached hydrogens (primary N) is 1. The van der Waals surface area contributed by atoms with E-state index in [0.29, 0.717) is 0 Å². The Balaban J connectivity index is 2.44. The molecule has 1 unspecified atom stereocenters. The highest BCUT2D eigenvalue weighted by atomic mass is 35.5. The van der Waals surface area contributed by atoms with E-state index in [4.69, 9.17) is 17.4 Å². The summed E-state index contributed by atoms with van der Waals surface area (Å²) in [6, 6.07) is 8.24. The highest BCUT2D eigenvalue weighted by molar-refractivity contribution is 7.10. The smallest absolute Gasteiger partial charge is 0.0817 e. The van der Waals surface area contributed by atoms with Crippen molar-refractivity contribution in [2.75, 3.05) is 0 Å². The molecule has 2 rings (SSSR count). The van der Waals surface area contributed by atoms with E-state index in [1.807, 2.05) is 13.0 Å². The van der Waals surface area contributed by atoms with Crippen LogP contribution in [0.4, 0.5) is 0 Å². The molecule has 4 heteroatoms. The molecule has 0 spiro atoms. The van der Waals surface area contributed by atoms with Crippen LogP contribution in [0.25, 0.3) is 0 Å². The van der Waals surface area contributed by atoms with Gasteiger partial charge in [0, 0.05) is 4.88 Å². The van der Waals surface area contributed by atoms with Gasteiger partial charge in [0.05, 0.1) is 11.1 Å². The molecule has 0 saturated heterocycles. The SMILES string of the molecule is Cc1cccc(C(NN)c2scc(C)c2Cl)c1. The van der Waals surface area contributed by atoms with Crippen LogP contribution in [-0.4, -0.2) is 0 Å². The Labute approximate surface area is 110 Å². The fraction of sp³-hybridized carbons (Fsp3) is 0.231. The van der Waals surface area contributed by atoms with Crippen molar-refractivity contribution in [3.63, 3.8) is 0 Å². The summed E-state index contributed by atoms with van der Waals surface area (Å²) in [5.41, 5.74) is 6.29. The molecule has 0 amide bonds. The van der Waals surface area contributed by atoms with Crippen LogP contribution in [0.1, 0.15) is 27.6 Å². The van der Waals surface area contributed by atoms with Gasteiger partial charge in [0.25, 0.3) is 0 Å².